The van der Waals surface area contributed by atoms with Crippen LogP contribution < -0.4 is 5.32 Å². The third-order valence-electron chi connectivity index (χ3n) is 4.18. The van der Waals surface area contributed by atoms with Crippen LogP contribution in [0.3, 0.4) is 0 Å². The average Bonchev–Trinajstić information content (AvgIpc) is 2.40. The zero-order valence-corrected chi connectivity index (χ0v) is 12.5. The van der Waals surface area contributed by atoms with E-state index in [4.69, 9.17) is 4.74 Å². The first-order valence-corrected chi connectivity index (χ1v) is 7.57. The highest BCUT2D eigenvalue weighted by Gasteiger charge is 2.25. The number of hydrogen-bond acceptors (Lipinski definition) is 2. The van der Waals surface area contributed by atoms with E-state index in [9.17, 15) is 0 Å². The number of nitrogens with one attached hydrogen (secondary N) is 1. The number of aryl methyl sites for hydroxylation is 1. The maximum absolute atomic E-state index is 6.42. The van der Waals surface area contributed by atoms with Crippen molar-refractivity contribution in [1.82, 2.24) is 5.32 Å². The minimum atomic E-state index is 0.176. The van der Waals surface area contributed by atoms with Gasteiger partial charge >= 0.3 is 0 Å². The fraction of sp³-hybridized carbons (Fsp3) is 0.647. The minimum absolute atomic E-state index is 0.176. The summed E-state index contributed by atoms with van der Waals surface area (Å²) in [7, 11) is 2.00. The van der Waals surface area contributed by atoms with Crippen molar-refractivity contribution in [3.05, 3.63) is 35.4 Å². The van der Waals surface area contributed by atoms with Crippen molar-refractivity contribution in [2.75, 3.05) is 13.6 Å². The Kier molecular flexibility index (Phi) is 5.41. The van der Waals surface area contributed by atoms with Crippen LogP contribution in [0.25, 0.3) is 0 Å². The van der Waals surface area contributed by atoms with Gasteiger partial charge in [-0.2, -0.15) is 0 Å². The molecule has 1 aromatic carbocycles. The van der Waals surface area contributed by atoms with Crippen LogP contribution >= 0.6 is 0 Å². The Balaban J connectivity index is 2.07. The molecular weight excluding hydrogens is 234 g/mol. The van der Waals surface area contributed by atoms with Crippen molar-refractivity contribution >= 4 is 0 Å². The summed E-state index contributed by atoms with van der Waals surface area (Å²) in [4.78, 5) is 0. The van der Waals surface area contributed by atoms with Gasteiger partial charge in [0.15, 0.2) is 0 Å². The fourth-order valence-electron chi connectivity index (χ4n) is 3.00. The molecule has 19 heavy (non-hydrogen) atoms. The van der Waals surface area contributed by atoms with Gasteiger partial charge in [-0.3, -0.25) is 0 Å². The first-order valence-electron chi connectivity index (χ1n) is 7.57. The van der Waals surface area contributed by atoms with Gasteiger partial charge in [-0.1, -0.05) is 49.6 Å². The number of hydrogen-bond donors (Lipinski definition) is 1. The summed E-state index contributed by atoms with van der Waals surface area (Å²) in [5.41, 5.74) is 2.60. The second-order valence-corrected chi connectivity index (χ2v) is 5.90. The molecule has 106 valence electrons. The molecule has 1 fully saturated rings. The molecule has 0 spiro atoms. The molecule has 0 radical (unpaired) electrons. The lowest BCUT2D eigenvalue weighted by Crippen LogP contribution is -2.30. The topological polar surface area (TPSA) is 21.3 Å². The molecule has 0 bridgehead atoms. The Morgan fingerprint density at radius 2 is 2.11 bits per heavy atom. The van der Waals surface area contributed by atoms with Crippen LogP contribution in [-0.4, -0.2) is 19.7 Å². The van der Waals surface area contributed by atoms with Gasteiger partial charge in [0.25, 0.3) is 0 Å². The van der Waals surface area contributed by atoms with Crippen LogP contribution in [0, 0.1) is 12.8 Å². The molecule has 3 unspecified atom stereocenters. The Hall–Kier alpha value is -0.860. The monoisotopic (exact) mass is 261 g/mol. The molecule has 0 aromatic heterocycles. The molecule has 2 rings (SSSR count). The summed E-state index contributed by atoms with van der Waals surface area (Å²) >= 11 is 0. The Morgan fingerprint density at radius 3 is 2.79 bits per heavy atom. The first-order chi connectivity index (χ1) is 9.20. The summed E-state index contributed by atoms with van der Waals surface area (Å²) < 4.78 is 6.42. The molecule has 0 heterocycles. The second-order valence-electron chi connectivity index (χ2n) is 5.90. The molecule has 2 nitrogen and oxygen atoms in total. The van der Waals surface area contributed by atoms with Crippen molar-refractivity contribution < 1.29 is 4.74 Å². The van der Waals surface area contributed by atoms with E-state index in [1.807, 2.05) is 7.05 Å². The van der Waals surface area contributed by atoms with Crippen LogP contribution in [0.4, 0.5) is 0 Å². The number of likely N-dealkylation sites (N-methyl/N-ethyl adjacent to an activating group) is 1. The van der Waals surface area contributed by atoms with Gasteiger partial charge in [-0.05, 0) is 38.3 Å². The van der Waals surface area contributed by atoms with Crippen LogP contribution in [0.1, 0.15) is 49.8 Å². The van der Waals surface area contributed by atoms with E-state index in [1.54, 1.807) is 0 Å². The SMILES string of the molecule is CNCC(OC1CCCCC1C)c1cccc(C)c1. The molecule has 1 aromatic rings. The van der Waals surface area contributed by atoms with Gasteiger partial charge in [0.2, 0.25) is 0 Å². The largest absolute Gasteiger partial charge is 0.369 e. The summed E-state index contributed by atoms with van der Waals surface area (Å²) in [5.74, 6) is 0.693. The van der Waals surface area contributed by atoms with E-state index < -0.39 is 0 Å². The predicted octanol–water partition coefficient (Wildman–Crippen LogP) is 3.85. The molecule has 0 saturated heterocycles. The smallest absolute Gasteiger partial charge is 0.0953 e. The van der Waals surface area contributed by atoms with Crippen LogP contribution in [-0.2, 0) is 4.74 Å². The van der Waals surface area contributed by atoms with Gasteiger partial charge in [0, 0.05) is 6.54 Å². The predicted molar refractivity (Wildman–Crippen MR) is 80.4 cm³/mol. The molecule has 1 aliphatic carbocycles. The van der Waals surface area contributed by atoms with E-state index in [0.29, 0.717) is 12.0 Å². The normalized spacial score (nSPS) is 25.2. The Bertz CT molecular complexity index is 391. The molecule has 3 atom stereocenters. The maximum atomic E-state index is 6.42. The Morgan fingerprint density at radius 1 is 1.32 bits per heavy atom. The van der Waals surface area contributed by atoms with Crippen molar-refractivity contribution in [3.63, 3.8) is 0 Å². The van der Waals surface area contributed by atoms with Crippen LogP contribution in [0.5, 0.6) is 0 Å². The van der Waals surface area contributed by atoms with E-state index >= 15 is 0 Å². The highest BCUT2D eigenvalue weighted by Crippen LogP contribution is 2.30. The average molecular weight is 261 g/mol. The van der Waals surface area contributed by atoms with Gasteiger partial charge in [0.05, 0.1) is 12.2 Å². The van der Waals surface area contributed by atoms with Crippen molar-refractivity contribution in [2.45, 2.75) is 51.7 Å². The lowest BCUT2D eigenvalue weighted by atomic mass is 9.87. The molecule has 1 saturated carbocycles. The fourth-order valence-corrected chi connectivity index (χ4v) is 3.00. The second kappa shape index (κ2) is 7.06. The number of rotatable bonds is 5. The quantitative estimate of drug-likeness (QED) is 0.869. The lowest BCUT2D eigenvalue weighted by Gasteiger charge is -2.32. The van der Waals surface area contributed by atoms with Crippen molar-refractivity contribution in [2.24, 2.45) is 5.92 Å². The third kappa shape index (κ3) is 4.05. The lowest BCUT2D eigenvalue weighted by molar-refractivity contribution is -0.0558. The summed E-state index contributed by atoms with van der Waals surface area (Å²) in [6.45, 7) is 5.35. The van der Waals surface area contributed by atoms with Crippen LogP contribution in [0.2, 0.25) is 0 Å². The van der Waals surface area contributed by atoms with E-state index in [-0.39, 0.29) is 6.10 Å². The highest BCUT2D eigenvalue weighted by molar-refractivity contribution is 5.24. The van der Waals surface area contributed by atoms with E-state index in [1.165, 1.54) is 36.8 Å². The first kappa shape index (κ1) is 14.5. The van der Waals surface area contributed by atoms with Gasteiger partial charge in [-0.25, -0.2) is 0 Å². The molecular formula is C17H27NO. The standard InChI is InChI=1S/C17H27NO/c1-13-7-6-9-15(11-13)17(12-18-3)19-16-10-5-4-8-14(16)2/h6-7,9,11,14,16-18H,4-5,8,10,12H2,1-3H3. The number of benzene rings is 1. The molecule has 1 aliphatic rings. The summed E-state index contributed by atoms with van der Waals surface area (Å²) in [5, 5.41) is 3.27. The van der Waals surface area contributed by atoms with Crippen LogP contribution in [0.15, 0.2) is 24.3 Å². The van der Waals surface area contributed by atoms with Gasteiger partial charge in [-0.15, -0.1) is 0 Å². The highest BCUT2D eigenvalue weighted by atomic mass is 16.5. The van der Waals surface area contributed by atoms with Crippen molar-refractivity contribution in [1.29, 1.82) is 0 Å². The van der Waals surface area contributed by atoms with Gasteiger partial charge < -0.3 is 10.1 Å². The maximum Gasteiger partial charge on any atom is 0.0953 e. The molecule has 2 heteroatoms. The van der Waals surface area contributed by atoms with Gasteiger partial charge in [0.1, 0.15) is 0 Å². The molecule has 0 amide bonds. The molecule has 0 aliphatic heterocycles. The minimum Gasteiger partial charge on any atom is -0.369 e. The van der Waals surface area contributed by atoms with E-state index in [2.05, 4.69) is 43.4 Å². The third-order valence-corrected chi connectivity index (χ3v) is 4.18. The summed E-state index contributed by atoms with van der Waals surface area (Å²) in [6.07, 6.45) is 5.80. The molecule has 1 N–H and O–H groups in total. The Labute approximate surface area is 117 Å². The van der Waals surface area contributed by atoms with Crippen molar-refractivity contribution in [3.8, 4) is 0 Å². The summed E-state index contributed by atoms with van der Waals surface area (Å²) in [6, 6.07) is 8.70. The van der Waals surface area contributed by atoms with E-state index in [0.717, 1.165) is 6.54 Å². The zero-order chi connectivity index (χ0) is 13.7. The number of ether oxygens (including phenoxy) is 1. The zero-order valence-electron chi connectivity index (χ0n) is 12.5.